The molecule has 0 spiro atoms. The van der Waals surface area contributed by atoms with Crippen LogP contribution in [0, 0.1) is 3.77 Å². The number of aromatic nitrogens is 2. The van der Waals surface area contributed by atoms with E-state index in [1.165, 1.54) is 0 Å². The number of hydrogen-bond acceptors (Lipinski definition) is 5. The molecule has 0 aliphatic carbocycles. The number of halogens is 1. The van der Waals surface area contributed by atoms with Crippen LogP contribution in [0.5, 0.6) is 0 Å². The number of rotatable bonds is 2. The second kappa shape index (κ2) is 4.85. The summed E-state index contributed by atoms with van der Waals surface area (Å²) in [5, 5.41) is 0. The van der Waals surface area contributed by atoms with Gasteiger partial charge in [-0.2, -0.15) is 0 Å². The molecule has 2 aromatic rings. The monoisotopic (exact) mass is 356 g/mol. The molecule has 0 saturated carbocycles. The Kier molecular flexibility index (Phi) is 3.21. The zero-order chi connectivity index (χ0) is 12.5. The molecule has 2 N–H and O–H groups in total. The summed E-state index contributed by atoms with van der Waals surface area (Å²) < 4.78 is 6.51. The lowest BCUT2D eigenvalue weighted by Gasteiger charge is -2.26. The summed E-state index contributed by atoms with van der Waals surface area (Å²) in [5.41, 5.74) is 7.83. The molecule has 94 valence electrons. The molecular formula is C12H13IN4O. The highest BCUT2D eigenvalue weighted by Crippen LogP contribution is 2.20. The van der Waals surface area contributed by atoms with Gasteiger partial charge in [-0.1, -0.05) is 0 Å². The number of hydrogen-bond donors (Lipinski definition) is 1. The van der Waals surface area contributed by atoms with E-state index in [1.807, 2.05) is 18.3 Å². The van der Waals surface area contributed by atoms with Crippen LogP contribution in [0.3, 0.4) is 0 Å². The topological polar surface area (TPSA) is 68.2 Å². The Bertz CT molecular complexity index is 569. The van der Waals surface area contributed by atoms with Gasteiger partial charge in [-0.05, 0) is 34.7 Å². The lowest BCUT2D eigenvalue weighted by Crippen LogP contribution is -2.30. The average molecular weight is 356 g/mol. The van der Waals surface area contributed by atoms with Crippen molar-refractivity contribution in [1.82, 2.24) is 14.9 Å². The first-order valence-electron chi connectivity index (χ1n) is 5.77. The first-order valence-corrected chi connectivity index (χ1v) is 6.85. The molecule has 1 aliphatic heterocycles. The van der Waals surface area contributed by atoms with Crippen LogP contribution in [0.15, 0.2) is 22.7 Å². The predicted molar refractivity (Wildman–Crippen MR) is 75.7 cm³/mol. The molecular weight excluding hydrogens is 343 g/mol. The van der Waals surface area contributed by atoms with Crippen molar-refractivity contribution in [1.29, 1.82) is 0 Å². The van der Waals surface area contributed by atoms with E-state index < -0.39 is 0 Å². The summed E-state index contributed by atoms with van der Waals surface area (Å²) in [6.45, 7) is 2.65. The number of fused-ring (bicyclic) bond motifs is 1. The molecule has 3 heterocycles. The fraction of sp³-hybridized carbons (Fsp3) is 0.333. The van der Waals surface area contributed by atoms with E-state index in [4.69, 9.17) is 10.2 Å². The van der Waals surface area contributed by atoms with Gasteiger partial charge in [0.1, 0.15) is 5.76 Å². The van der Waals surface area contributed by atoms with Crippen molar-refractivity contribution in [3.8, 4) is 0 Å². The molecule has 2 aromatic heterocycles. The summed E-state index contributed by atoms with van der Waals surface area (Å²) in [7, 11) is 0. The fourth-order valence-corrected chi connectivity index (χ4v) is 2.64. The molecule has 0 fully saturated rings. The van der Waals surface area contributed by atoms with Gasteiger partial charge in [-0.3, -0.25) is 4.90 Å². The normalized spacial score (nSPS) is 15.6. The van der Waals surface area contributed by atoms with Crippen LogP contribution in [-0.4, -0.2) is 21.4 Å². The summed E-state index contributed by atoms with van der Waals surface area (Å²) in [5.74, 6) is 1.36. The van der Waals surface area contributed by atoms with Crippen molar-refractivity contribution in [3.63, 3.8) is 0 Å². The van der Waals surface area contributed by atoms with E-state index in [9.17, 15) is 0 Å². The highest BCUT2D eigenvalue weighted by Gasteiger charge is 2.19. The smallest absolute Gasteiger partial charge is 0.220 e. The number of nitrogens with two attached hydrogens (primary N) is 1. The van der Waals surface area contributed by atoms with E-state index in [0.717, 1.165) is 46.8 Å². The SMILES string of the molecule is Nc1ncc2c(n1)CCN(Cc1ccc(I)o1)C2. The molecule has 0 aromatic carbocycles. The van der Waals surface area contributed by atoms with Gasteiger partial charge in [0, 0.05) is 31.3 Å². The third-order valence-electron chi connectivity index (χ3n) is 3.04. The molecule has 0 atom stereocenters. The third-order valence-corrected chi connectivity index (χ3v) is 3.62. The first-order chi connectivity index (χ1) is 8.70. The minimum atomic E-state index is 0.364. The Balaban J connectivity index is 1.73. The minimum Gasteiger partial charge on any atom is -0.454 e. The molecule has 0 unspecified atom stereocenters. The lowest BCUT2D eigenvalue weighted by atomic mass is 10.1. The molecule has 0 radical (unpaired) electrons. The van der Waals surface area contributed by atoms with Crippen LogP contribution in [0.2, 0.25) is 0 Å². The Morgan fingerprint density at radius 3 is 3.11 bits per heavy atom. The molecule has 0 saturated heterocycles. The van der Waals surface area contributed by atoms with Crippen molar-refractivity contribution in [2.75, 3.05) is 12.3 Å². The van der Waals surface area contributed by atoms with Gasteiger partial charge in [0.2, 0.25) is 5.95 Å². The molecule has 3 rings (SSSR count). The largest absolute Gasteiger partial charge is 0.454 e. The number of nitrogens with zero attached hydrogens (tertiary/aromatic N) is 3. The van der Waals surface area contributed by atoms with Crippen molar-refractivity contribution < 1.29 is 4.42 Å². The van der Waals surface area contributed by atoms with Gasteiger partial charge in [0.15, 0.2) is 3.77 Å². The Labute approximate surface area is 119 Å². The van der Waals surface area contributed by atoms with Gasteiger partial charge >= 0.3 is 0 Å². The molecule has 0 amide bonds. The summed E-state index contributed by atoms with van der Waals surface area (Å²) in [6, 6.07) is 4.01. The Morgan fingerprint density at radius 1 is 1.44 bits per heavy atom. The van der Waals surface area contributed by atoms with Gasteiger partial charge in [0.05, 0.1) is 12.2 Å². The third kappa shape index (κ3) is 2.49. The Morgan fingerprint density at radius 2 is 2.33 bits per heavy atom. The second-order valence-electron chi connectivity index (χ2n) is 4.37. The minimum absolute atomic E-state index is 0.364. The van der Waals surface area contributed by atoms with E-state index in [1.54, 1.807) is 0 Å². The van der Waals surface area contributed by atoms with Crippen LogP contribution < -0.4 is 5.73 Å². The summed E-state index contributed by atoms with van der Waals surface area (Å²) in [4.78, 5) is 10.7. The maximum absolute atomic E-state index is 5.59. The van der Waals surface area contributed by atoms with Gasteiger partial charge < -0.3 is 10.2 Å². The standard InChI is InChI=1S/C12H13IN4O/c13-11-2-1-9(18-11)7-17-4-3-10-8(6-17)5-15-12(14)16-10/h1-2,5H,3-4,6-7H2,(H2,14,15,16). The molecule has 5 nitrogen and oxygen atoms in total. The molecule has 1 aliphatic rings. The Hall–Kier alpha value is -1.15. The average Bonchev–Trinajstić information content (AvgIpc) is 2.75. The first kappa shape index (κ1) is 11.9. The predicted octanol–water partition coefficient (Wildman–Crippen LogP) is 1.81. The second-order valence-corrected chi connectivity index (χ2v) is 5.43. The van der Waals surface area contributed by atoms with Crippen LogP contribution in [0.25, 0.3) is 0 Å². The van der Waals surface area contributed by atoms with Gasteiger partial charge in [0.25, 0.3) is 0 Å². The van der Waals surface area contributed by atoms with E-state index in [0.29, 0.717) is 5.95 Å². The zero-order valence-corrected chi connectivity index (χ0v) is 11.9. The van der Waals surface area contributed by atoms with E-state index >= 15 is 0 Å². The van der Waals surface area contributed by atoms with Crippen molar-refractivity contribution in [2.45, 2.75) is 19.5 Å². The van der Waals surface area contributed by atoms with Crippen molar-refractivity contribution >= 4 is 28.5 Å². The molecule has 0 bridgehead atoms. The highest BCUT2D eigenvalue weighted by molar-refractivity contribution is 14.1. The number of furan rings is 1. The number of anilines is 1. The van der Waals surface area contributed by atoms with E-state index in [2.05, 4.69) is 37.5 Å². The van der Waals surface area contributed by atoms with Gasteiger partial charge in [-0.15, -0.1) is 0 Å². The van der Waals surface area contributed by atoms with Crippen LogP contribution in [0.1, 0.15) is 17.0 Å². The maximum atomic E-state index is 5.59. The highest BCUT2D eigenvalue weighted by atomic mass is 127. The van der Waals surface area contributed by atoms with Crippen LogP contribution in [0.4, 0.5) is 5.95 Å². The zero-order valence-electron chi connectivity index (χ0n) is 9.77. The van der Waals surface area contributed by atoms with Crippen LogP contribution >= 0.6 is 22.6 Å². The number of nitrogen functional groups attached to an aromatic ring is 1. The lowest BCUT2D eigenvalue weighted by molar-refractivity contribution is 0.222. The maximum Gasteiger partial charge on any atom is 0.220 e. The van der Waals surface area contributed by atoms with Gasteiger partial charge in [-0.25, -0.2) is 9.97 Å². The summed E-state index contributed by atoms with van der Waals surface area (Å²) >= 11 is 2.18. The van der Waals surface area contributed by atoms with Crippen molar-refractivity contribution in [3.05, 3.63) is 39.1 Å². The quantitative estimate of drug-likeness (QED) is 0.832. The fourth-order valence-electron chi connectivity index (χ4n) is 2.18. The van der Waals surface area contributed by atoms with E-state index in [-0.39, 0.29) is 0 Å². The van der Waals surface area contributed by atoms with Crippen molar-refractivity contribution in [2.24, 2.45) is 0 Å². The molecule has 6 heteroatoms. The molecule has 18 heavy (non-hydrogen) atoms. The van der Waals surface area contributed by atoms with Crippen LogP contribution in [-0.2, 0) is 19.5 Å². The summed E-state index contributed by atoms with van der Waals surface area (Å²) in [6.07, 6.45) is 2.75.